The van der Waals surface area contributed by atoms with Crippen LogP contribution in [0.25, 0.3) is 0 Å². The number of hydrogen-bond donors (Lipinski definition) is 1. The Morgan fingerprint density at radius 1 is 1.35 bits per heavy atom. The van der Waals surface area contributed by atoms with E-state index in [4.69, 9.17) is 5.73 Å². The van der Waals surface area contributed by atoms with E-state index < -0.39 is 0 Å². The quantitative estimate of drug-likeness (QED) is 0.842. The van der Waals surface area contributed by atoms with E-state index in [2.05, 4.69) is 18.9 Å². The number of rotatable bonds is 5. The Morgan fingerprint density at radius 3 is 2.50 bits per heavy atom. The van der Waals surface area contributed by atoms with E-state index in [1.807, 2.05) is 16.9 Å². The van der Waals surface area contributed by atoms with E-state index in [-0.39, 0.29) is 11.2 Å². The van der Waals surface area contributed by atoms with E-state index in [1.165, 1.54) is 12.8 Å². The zero-order chi connectivity index (χ0) is 14.6. The molecule has 2 rings (SSSR count). The van der Waals surface area contributed by atoms with Crippen molar-refractivity contribution in [2.75, 3.05) is 6.54 Å². The van der Waals surface area contributed by atoms with Crippen molar-refractivity contribution in [1.82, 2.24) is 9.78 Å². The summed E-state index contributed by atoms with van der Waals surface area (Å²) in [6.07, 6.45) is 9.01. The molecule has 0 aliphatic heterocycles. The monoisotopic (exact) mass is 277 g/mol. The van der Waals surface area contributed by atoms with Gasteiger partial charge in [0.1, 0.15) is 5.78 Å². The van der Waals surface area contributed by atoms with Gasteiger partial charge in [-0.2, -0.15) is 5.10 Å². The molecular weight excluding hydrogens is 250 g/mol. The molecule has 112 valence electrons. The number of hydrogen-bond acceptors (Lipinski definition) is 3. The third-order valence-corrected chi connectivity index (χ3v) is 4.58. The molecule has 1 aromatic rings. The molecule has 0 bridgehead atoms. The first-order valence-corrected chi connectivity index (χ1v) is 7.85. The van der Waals surface area contributed by atoms with Crippen LogP contribution >= 0.6 is 0 Å². The smallest absolute Gasteiger partial charge is 0.146 e. The number of aromatic nitrogens is 2. The largest absolute Gasteiger partial charge is 0.329 e. The Balaban J connectivity index is 2.07. The molecule has 1 heterocycles. The molecule has 0 radical (unpaired) electrons. The summed E-state index contributed by atoms with van der Waals surface area (Å²) < 4.78 is 1.91. The third kappa shape index (κ3) is 3.29. The van der Waals surface area contributed by atoms with Crippen LogP contribution in [0, 0.1) is 5.41 Å². The summed E-state index contributed by atoms with van der Waals surface area (Å²) in [6.45, 7) is 4.66. The third-order valence-electron chi connectivity index (χ3n) is 4.58. The maximum absolute atomic E-state index is 12.7. The lowest BCUT2D eigenvalue weighted by molar-refractivity contribution is -0.128. The Hall–Kier alpha value is -1.16. The first-order valence-electron chi connectivity index (χ1n) is 7.85. The van der Waals surface area contributed by atoms with E-state index in [0.717, 1.165) is 31.4 Å². The van der Waals surface area contributed by atoms with Gasteiger partial charge >= 0.3 is 0 Å². The number of Topliss-reactive ketones (excluding diaryl/α,β-unsaturated/α-hetero) is 1. The number of carbonyl (C=O) groups excluding carboxylic acids is 1. The second-order valence-electron chi connectivity index (χ2n) is 6.38. The van der Waals surface area contributed by atoms with E-state index in [0.29, 0.717) is 19.0 Å². The molecule has 0 unspecified atom stereocenters. The van der Waals surface area contributed by atoms with Crippen molar-refractivity contribution in [1.29, 1.82) is 0 Å². The summed E-state index contributed by atoms with van der Waals surface area (Å²) in [4.78, 5) is 12.7. The molecule has 1 aliphatic carbocycles. The lowest BCUT2D eigenvalue weighted by Gasteiger charge is -2.29. The molecule has 1 aromatic heterocycles. The standard InChI is InChI=1S/C16H27N3O/c1-13(2)19-10-7-14(18-19)11-15(20)16(12-17)8-5-3-4-6-9-16/h7,10,13H,3-6,8-9,11-12,17H2,1-2H3. The van der Waals surface area contributed by atoms with Crippen molar-refractivity contribution >= 4 is 5.78 Å². The summed E-state index contributed by atoms with van der Waals surface area (Å²) in [7, 11) is 0. The van der Waals surface area contributed by atoms with E-state index in [9.17, 15) is 4.79 Å². The van der Waals surface area contributed by atoms with Gasteiger partial charge in [-0.3, -0.25) is 9.48 Å². The molecule has 1 fully saturated rings. The molecular formula is C16H27N3O. The number of nitrogens with two attached hydrogens (primary N) is 1. The summed E-state index contributed by atoms with van der Waals surface area (Å²) in [5.41, 5.74) is 6.55. The zero-order valence-electron chi connectivity index (χ0n) is 12.8. The fourth-order valence-corrected chi connectivity index (χ4v) is 3.11. The molecule has 0 atom stereocenters. The highest BCUT2D eigenvalue weighted by molar-refractivity contribution is 5.86. The lowest BCUT2D eigenvalue weighted by atomic mass is 9.75. The van der Waals surface area contributed by atoms with Gasteiger partial charge in [0.05, 0.1) is 12.1 Å². The minimum atomic E-state index is -0.294. The van der Waals surface area contributed by atoms with Crippen molar-refractivity contribution in [2.45, 2.75) is 64.8 Å². The van der Waals surface area contributed by atoms with E-state index >= 15 is 0 Å². The van der Waals surface area contributed by atoms with Gasteiger partial charge in [-0.1, -0.05) is 25.7 Å². The van der Waals surface area contributed by atoms with Crippen LogP contribution in [0.3, 0.4) is 0 Å². The van der Waals surface area contributed by atoms with Gasteiger partial charge < -0.3 is 5.73 Å². The van der Waals surface area contributed by atoms with Crippen molar-refractivity contribution in [3.8, 4) is 0 Å². The van der Waals surface area contributed by atoms with Gasteiger partial charge in [-0.05, 0) is 32.8 Å². The first-order chi connectivity index (χ1) is 9.57. The van der Waals surface area contributed by atoms with Crippen LogP contribution in [0.2, 0.25) is 0 Å². The minimum Gasteiger partial charge on any atom is -0.329 e. The predicted octanol–water partition coefficient (Wildman–Crippen LogP) is 2.87. The minimum absolute atomic E-state index is 0.288. The Labute approximate surface area is 121 Å². The molecule has 0 amide bonds. The highest BCUT2D eigenvalue weighted by atomic mass is 16.1. The van der Waals surface area contributed by atoms with Crippen LogP contribution in [0.4, 0.5) is 0 Å². The zero-order valence-corrected chi connectivity index (χ0v) is 12.8. The second kappa shape index (κ2) is 6.53. The van der Waals surface area contributed by atoms with Crippen LogP contribution < -0.4 is 5.73 Å². The van der Waals surface area contributed by atoms with Crippen LogP contribution in [-0.4, -0.2) is 22.1 Å². The SMILES string of the molecule is CC(C)n1ccc(CC(=O)C2(CN)CCCCCC2)n1. The number of ketones is 1. The summed E-state index contributed by atoms with van der Waals surface area (Å²) in [5.74, 6) is 0.288. The maximum atomic E-state index is 12.7. The molecule has 20 heavy (non-hydrogen) atoms. The second-order valence-corrected chi connectivity index (χ2v) is 6.38. The average molecular weight is 277 g/mol. The van der Waals surface area contributed by atoms with Gasteiger partial charge in [0, 0.05) is 24.2 Å². The van der Waals surface area contributed by atoms with Gasteiger partial charge in [-0.15, -0.1) is 0 Å². The Morgan fingerprint density at radius 2 is 2.00 bits per heavy atom. The first kappa shape index (κ1) is 15.2. The van der Waals surface area contributed by atoms with Crippen LogP contribution in [0.15, 0.2) is 12.3 Å². The van der Waals surface area contributed by atoms with Crippen molar-refractivity contribution in [2.24, 2.45) is 11.1 Å². The highest BCUT2D eigenvalue weighted by Gasteiger charge is 2.36. The van der Waals surface area contributed by atoms with Gasteiger partial charge in [0.2, 0.25) is 0 Å². The number of nitrogens with zero attached hydrogens (tertiary/aromatic N) is 2. The van der Waals surface area contributed by atoms with E-state index in [1.54, 1.807) is 0 Å². The normalized spacial score (nSPS) is 19.0. The molecule has 0 spiro atoms. The lowest BCUT2D eigenvalue weighted by Crippen LogP contribution is -2.39. The summed E-state index contributed by atoms with van der Waals surface area (Å²) in [5, 5.41) is 4.49. The Bertz CT molecular complexity index is 442. The summed E-state index contributed by atoms with van der Waals surface area (Å²) in [6, 6.07) is 2.29. The van der Waals surface area contributed by atoms with Gasteiger partial charge in [0.25, 0.3) is 0 Å². The average Bonchev–Trinajstić information content (AvgIpc) is 2.75. The van der Waals surface area contributed by atoms with Crippen molar-refractivity contribution < 1.29 is 4.79 Å². The number of carbonyl (C=O) groups is 1. The fourth-order valence-electron chi connectivity index (χ4n) is 3.11. The molecule has 0 saturated heterocycles. The molecule has 1 aliphatic rings. The van der Waals surface area contributed by atoms with Gasteiger partial charge in [0.15, 0.2) is 0 Å². The Kier molecular flexibility index (Phi) is 4.97. The van der Waals surface area contributed by atoms with Crippen LogP contribution in [0.5, 0.6) is 0 Å². The molecule has 2 N–H and O–H groups in total. The molecule has 0 aromatic carbocycles. The molecule has 4 heteroatoms. The highest BCUT2D eigenvalue weighted by Crippen LogP contribution is 2.35. The maximum Gasteiger partial charge on any atom is 0.146 e. The molecule has 1 saturated carbocycles. The van der Waals surface area contributed by atoms with Crippen molar-refractivity contribution in [3.63, 3.8) is 0 Å². The topological polar surface area (TPSA) is 60.9 Å². The summed E-state index contributed by atoms with van der Waals surface area (Å²) >= 11 is 0. The van der Waals surface area contributed by atoms with Crippen LogP contribution in [-0.2, 0) is 11.2 Å². The van der Waals surface area contributed by atoms with Crippen molar-refractivity contribution in [3.05, 3.63) is 18.0 Å². The predicted molar refractivity (Wildman–Crippen MR) is 80.5 cm³/mol. The van der Waals surface area contributed by atoms with Crippen LogP contribution in [0.1, 0.15) is 64.1 Å². The van der Waals surface area contributed by atoms with Gasteiger partial charge in [-0.25, -0.2) is 0 Å². The fraction of sp³-hybridized carbons (Fsp3) is 0.750. The molecule has 4 nitrogen and oxygen atoms in total.